The minimum atomic E-state index is -0.352. The van der Waals surface area contributed by atoms with Gasteiger partial charge in [0.15, 0.2) is 5.11 Å². The van der Waals surface area contributed by atoms with Crippen LogP contribution in [0.5, 0.6) is 5.75 Å². The molecule has 6 nitrogen and oxygen atoms in total. The lowest BCUT2D eigenvalue weighted by atomic mass is 10.1. The van der Waals surface area contributed by atoms with Crippen LogP contribution in [0.15, 0.2) is 53.6 Å². The highest BCUT2D eigenvalue weighted by molar-refractivity contribution is 7.80. The molecule has 130 valence electrons. The largest absolute Gasteiger partial charge is 0.489 e. The standard InChI is InChI=1S/C18H19N3O3S/c1-19-18(25)21-20-11-13-5-9-16(10-6-13)24-12-14-3-7-15(8-4-14)17(22)23-2/h3-11H,12H2,1-2H3,(H2,19,21,25)/b20-11-. The molecule has 0 heterocycles. The van der Waals surface area contributed by atoms with Gasteiger partial charge < -0.3 is 14.8 Å². The maximum atomic E-state index is 11.4. The molecule has 25 heavy (non-hydrogen) atoms. The van der Waals surface area contributed by atoms with E-state index in [-0.39, 0.29) is 5.97 Å². The van der Waals surface area contributed by atoms with Crippen molar-refractivity contribution in [2.24, 2.45) is 5.10 Å². The zero-order chi connectivity index (χ0) is 18.1. The second-order valence-electron chi connectivity index (χ2n) is 5.00. The predicted molar refractivity (Wildman–Crippen MR) is 101 cm³/mol. The smallest absolute Gasteiger partial charge is 0.337 e. The van der Waals surface area contributed by atoms with Gasteiger partial charge in [0.25, 0.3) is 0 Å². The van der Waals surface area contributed by atoms with Crippen LogP contribution < -0.4 is 15.5 Å². The molecular weight excluding hydrogens is 338 g/mol. The molecule has 0 atom stereocenters. The number of rotatable bonds is 6. The Kier molecular flexibility index (Phi) is 6.91. The third kappa shape index (κ3) is 5.89. The van der Waals surface area contributed by atoms with Gasteiger partial charge in [-0.3, -0.25) is 5.43 Å². The van der Waals surface area contributed by atoms with Gasteiger partial charge in [-0.25, -0.2) is 4.79 Å². The van der Waals surface area contributed by atoms with Gasteiger partial charge in [-0.05, 0) is 59.7 Å². The molecule has 0 bridgehead atoms. The third-order valence-corrected chi connectivity index (χ3v) is 3.56. The monoisotopic (exact) mass is 357 g/mol. The van der Waals surface area contributed by atoms with Crippen molar-refractivity contribution < 1.29 is 14.3 Å². The maximum absolute atomic E-state index is 11.4. The molecule has 0 fully saturated rings. The van der Waals surface area contributed by atoms with Crippen molar-refractivity contribution >= 4 is 29.5 Å². The van der Waals surface area contributed by atoms with E-state index in [9.17, 15) is 4.79 Å². The average molecular weight is 357 g/mol. The molecule has 2 aromatic carbocycles. The lowest BCUT2D eigenvalue weighted by Gasteiger charge is -2.07. The van der Waals surface area contributed by atoms with E-state index in [4.69, 9.17) is 17.0 Å². The van der Waals surface area contributed by atoms with Gasteiger partial charge in [-0.15, -0.1) is 0 Å². The molecule has 2 aromatic rings. The fraction of sp³-hybridized carbons (Fsp3) is 0.167. The molecule has 2 rings (SSSR count). The van der Waals surface area contributed by atoms with E-state index in [1.165, 1.54) is 7.11 Å². The minimum Gasteiger partial charge on any atom is -0.489 e. The topological polar surface area (TPSA) is 72.0 Å². The summed E-state index contributed by atoms with van der Waals surface area (Å²) >= 11 is 4.92. The lowest BCUT2D eigenvalue weighted by Crippen LogP contribution is -2.28. The molecule has 0 saturated heterocycles. The van der Waals surface area contributed by atoms with Crippen molar-refractivity contribution in [1.82, 2.24) is 10.7 Å². The molecule has 0 aliphatic rings. The van der Waals surface area contributed by atoms with E-state index in [1.807, 2.05) is 36.4 Å². The molecule has 0 spiro atoms. The van der Waals surface area contributed by atoms with Crippen molar-refractivity contribution in [3.05, 3.63) is 65.2 Å². The van der Waals surface area contributed by atoms with Gasteiger partial charge >= 0.3 is 5.97 Å². The number of hydrogen-bond acceptors (Lipinski definition) is 5. The highest BCUT2D eigenvalue weighted by Gasteiger charge is 2.04. The quantitative estimate of drug-likeness (QED) is 0.358. The van der Waals surface area contributed by atoms with Crippen molar-refractivity contribution in [3.63, 3.8) is 0 Å². The van der Waals surface area contributed by atoms with Crippen molar-refractivity contribution in [2.45, 2.75) is 6.61 Å². The van der Waals surface area contributed by atoms with Crippen LogP contribution in [0.4, 0.5) is 0 Å². The predicted octanol–water partition coefficient (Wildman–Crippen LogP) is 2.48. The number of esters is 1. The van der Waals surface area contributed by atoms with Crippen LogP contribution in [0, 0.1) is 0 Å². The Hall–Kier alpha value is -2.93. The van der Waals surface area contributed by atoms with Gasteiger partial charge in [-0.1, -0.05) is 12.1 Å². The third-order valence-electron chi connectivity index (χ3n) is 3.27. The fourth-order valence-corrected chi connectivity index (χ4v) is 1.95. The van der Waals surface area contributed by atoms with E-state index < -0.39 is 0 Å². The Morgan fingerprint density at radius 1 is 1.16 bits per heavy atom. The Bertz CT molecular complexity index is 743. The zero-order valence-electron chi connectivity index (χ0n) is 14.0. The Balaban J connectivity index is 1.87. The van der Waals surface area contributed by atoms with E-state index in [0.29, 0.717) is 17.3 Å². The number of carbonyl (C=O) groups excluding carboxylic acids is 1. The second kappa shape index (κ2) is 9.39. The van der Waals surface area contributed by atoms with Crippen LogP contribution in [0.3, 0.4) is 0 Å². The fourth-order valence-electron chi connectivity index (χ4n) is 1.89. The SMILES string of the molecule is CNC(=S)N/N=C\c1ccc(OCc2ccc(C(=O)OC)cc2)cc1. The molecule has 2 N–H and O–H groups in total. The molecule has 0 aliphatic carbocycles. The summed E-state index contributed by atoms with van der Waals surface area (Å²) in [6.45, 7) is 0.410. The van der Waals surface area contributed by atoms with Crippen LogP contribution in [0.1, 0.15) is 21.5 Å². The highest BCUT2D eigenvalue weighted by Crippen LogP contribution is 2.14. The first-order chi connectivity index (χ1) is 12.1. The van der Waals surface area contributed by atoms with Crippen LogP contribution in [0.25, 0.3) is 0 Å². The highest BCUT2D eigenvalue weighted by atomic mass is 32.1. The van der Waals surface area contributed by atoms with Gasteiger partial charge in [0.1, 0.15) is 12.4 Å². The first-order valence-electron chi connectivity index (χ1n) is 7.53. The first kappa shape index (κ1) is 18.4. The number of benzene rings is 2. The normalized spacial score (nSPS) is 10.3. The number of hydrazone groups is 1. The van der Waals surface area contributed by atoms with Gasteiger partial charge in [0.05, 0.1) is 18.9 Å². The average Bonchev–Trinajstić information content (AvgIpc) is 2.67. The summed E-state index contributed by atoms with van der Waals surface area (Å²) in [4.78, 5) is 11.4. The van der Waals surface area contributed by atoms with E-state index in [1.54, 1.807) is 25.4 Å². The molecule has 0 aliphatic heterocycles. The summed E-state index contributed by atoms with van der Waals surface area (Å²) in [7, 11) is 3.08. The molecular formula is C18H19N3O3S. The van der Waals surface area contributed by atoms with Crippen molar-refractivity contribution in [3.8, 4) is 5.75 Å². The second-order valence-corrected chi connectivity index (χ2v) is 5.40. The van der Waals surface area contributed by atoms with E-state index in [2.05, 4.69) is 20.6 Å². The number of thiocarbonyl (C=S) groups is 1. The van der Waals surface area contributed by atoms with E-state index in [0.717, 1.165) is 16.9 Å². The zero-order valence-corrected chi connectivity index (χ0v) is 14.8. The van der Waals surface area contributed by atoms with Crippen LogP contribution in [0.2, 0.25) is 0 Å². The number of hydrogen-bond donors (Lipinski definition) is 2. The molecule has 0 radical (unpaired) electrons. The summed E-state index contributed by atoms with van der Waals surface area (Å²) in [6.07, 6.45) is 1.67. The Labute approximate surface area is 151 Å². The minimum absolute atomic E-state index is 0.352. The summed E-state index contributed by atoms with van der Waals surface area (Å²) in [5.74, 6) is 0.391. The molecule has 0 saturated carbocycles. The Morgan fingerprint density at radius 2 is 1.84 bits per heavy atom. The summed E-state index contributed by atoms with van der Waals surface area (Å²) < 4.78 is 10.4. The number of methoxy groups -OCH3 is 1. The van der Waals surface area contributed by atoms with Crippen LogP contribution in [-0.2, 0) is 11.3 Å². The molecule has 0 amide bonds. The maximum Gasteiger partial charge on any atom is 0.337 e. The number of nitrogens with zero attached hydrogens (tertiary/aromatic N) is 1. The summed E-state index contributed by atoms with van der Waals surface area (Å²) in [6, 6.07) is 14.6. The number of carbonyl (C=O) groups is 1. The van der Waals surface area contributed by atoms with Crippen molar-refractivity contribution in [1.29, 1.82) is 0 Å². The van der Waals surface area contributed by atoms with Gasteiger partial charge in [0.2, 0.25) is 0 Å². The van der Waals surface area contributed by atoms with Gasteiger partial charge in [0, 0.05) is 7.05 Å². The molecule has 0 unspecified atom stereocenters. The Morgan fingerprint density at radius 3 is 2.44 bits per heavy atom. The number of ether oxygens (including phenoxy) is 2. The number of nitrogens with one attached hydrogen (secondary N) is 2. The van der Waals surface area contributed by atoms with E-state index >= 15 is 0 Å². The molecule has 7 heteroatoms. The molecule has 0 aromatic heterocycles. The van der Waals surface area contributed by atoms with Crippen molar-refractivity contribution in [2.75, 3.05) is 14.2 Å². The first-order valence-corrected chi connectivity index (χ1v) is 7.94. The van der Waals surface area contributed by atoms with Crippen LogP contribution >= 0.6 is 12.2 Å². The lowest BCUT2D eigenvalue weighted by molar-refractivity contribution is 0.0600. The summed E-state index contributed by atoms with van der Waals surface area (Å²) in [5.41, 5.74) is 5.08. The summed E-state index contributed by atoms with van der Waals surface area (Å²) in [5, 5.41) is 7.23. The van der Waals surface area contributed by atoms with Gasteiger partial charge in [-0.2, -0.15) is 5.10 Å². The van der Waals surface area contributed by atoms with Crippen LogP contribution in [-0.4, -0.2) is 31.5 Å².